The van der Waals surface area contributed by atoms with Gasteiger partial charge in [0.1, 0.15) is 0 Å². The molecule has 1 rings (SSSR count). The number of ether oxygens (including phenoxy) is 1. The van der Waals surface area contributed by atoms with E-state index in [0.29, 0.717) is 12.2 Å². The van der Waals surface area contributed by atoms with Crippen LogP contribution in [0.3, 0.4) is 0 Å². The van der Waals surface area contributed by atoms with Gasteiger partial charge in [-0.2, -0.15) is 0 Å². The van der Waals surface area contributed by atoms with Crippen molar-refractivity contribution in [1.82, 2.24) is 0 Å². The second-order valence-electron chi connectivity index (χ2n) is 4.98. The first-order valence-electron chi connectivity index (χ1n) is 7.13. The summed E-state index contributed by atoms with van der Waals surface area (Å²) in [5.74, 6) is 0.807. The van der Waals surface area contributed by atoms with Gasteiger partial charge < -0.3 is 4.74 Å². The molecule has 1 fully saturated rings. The Kier molecular flexibility index (Phi) is 6.79. The minimum Gasteiger partial charge on any atom is -0.371 e. The summed E-state index contributed by atoms with van der Waals surface area (Å²) >= 11 is 0. The van der Waals surface area contributed by atoms with Gasteiger partial charge in [-0.05, 0) is 31.6 Å². The molecule has 3 unspecified atom stereocenters. The molecule has 3 atom stereocenters. The van der Waals surface area contributed by atoms with E-state index in [2.05, 4.69) is 32.9 Å². The van der Waals surface area contributed by atoms with Crippen molar-refractivity contribution in [3.8, 4) is 0 Å². The average molecular weight is 224 g/mol. The van der Waals surface area contributed by atoms with E-state index in [-0.39, 0.29) is 0 Å². The standard InChI is InChI=1S/C15H28O/c1-4-7-9-11-14-12-13(10-8-5-2)15(6-3)16-14/h9,11,13-15H,4-8,10,12H2,1-3H3/b11-9-. The summed E-state index contributed by atoms with van der Waals surface area (Å²) in [7, 11) is 0. The smallest absolute Gasteiger partial charge is 0.0763 e. The Labute approximate surface area is 101 Å². The molecule has 0 aliphatic carbocycles. The fourth-order valence-electron chi connectivity index (χ4n) is 2.58. The highest BCUT2D eigenvalue weighted by Gasteiger charge is 2.31. The van der Waals surface area contributed by atoms with Crippen LogP contribution in [0.4, 0.5) is 0 Å². The molecule has 0 radical (unpaired) electrons. The van der Waals surface area contributed by atoms with Crippen LogP contribution >= 0.6 is 0 Å². The Hall–Kier alpha value is -0.300. The van der Waals surface area contributed by atoms with Crippen molar-refractivity contribution in [1.29, 1.82) is 0 Å². The zero-order chi connectivity index (χ0) is 11.8. The highest BCUT2D eigenvalue weighted by molar-refractivity contribution is 4.95. The molecule has 1 heterocycles. The van der Waals surface area contributed by atoms with Gasteiger partial charge in [0.2, 0.25) is 0 Å². The molecule has 1 nitrogen and oxygen atoms in total. The van der Waals surface area contributed by atoms with Crippen LogP contribution in [0.1, 0.15) is 65.7 Å². The van der Waals surface area contributed by atoms with Gasteiger partial charge in [-0.15, -0.1) is 0 Å². The summed E-state index contributed by atoms with van der Waals surface area (Å²) in [6.45, 7) is 6.75. The van der Waals surface area contributed by atoms with E-state index in [9.17, 15) is 0 Å². The predicted octanol–water partition coefficient (Wildman–Crippen LogP) is 4.72. The Morgan fingerprint density at radius 1 is 1.19 bits per heavy atom. The Morgan fingerprint density at radius 3 is 2.62 bits per heavy atom. The summed E-state index contributed by atoms with van der Waals surface area (Å²) in [5, 5.41) is 0. The molecule has 0 amide bonds. The maximum Gasteiger partial charge on any atom is 0.0763 e. The third kappa shape index (κ3) is 4.29. The van der Waals surface area contributed by atoms with Gasteiger partial charge >= 0.3 is 0 Å². The molecule has 1 saturated heterocycles. The van der Waals surface area contributed by atoms with Crippen LogP contribution < -0.4 is 0 Å². The van der Waals surface area contributed by atoms with Crippen molar-refractivity contribution >= 4 is 0 Å². The molecule has 0 aromatic carbocycles. The molecule has 0 bridgehead atoms. The number of rotatable bonds is 7. The number of allylic oxidation sites excluding steroid dienone is 1. The first-order valence-corrected chi connectivity index (χ1v) is 7.13. The molecule has 0 saturated carbocycles. The lowest BCUT2D eigenvalue weighted by atomic mass is 9.92. The molecule has 0 N–H and O–H groups in total. The summed E-state index contributed by atoms with van der Waals surface area (Å²) in [6.07, 6.45) is 14.4. The lowest BCUT2D eigenvalue weighted by molar-refractivity contribution is 0.0529. The molecule has 0 aromatic heterocycles. The van der Waals surface area contributed by atoms with Crippen LogP contribution in [0.25, 0.3) is 0 Å². The summed E-state index contributed by atoms with van der Waals surface area (Å²) in [4.78, 5) is 0. The minimum absolute atomic E-state index is 0.401. The topological polar surface area (TPSA) is 9.23 Å². The Balaban J connectivity index is 2.36. The van der Waals surface area contributed by atoms with E-state index < -0.39 is 0 Å². The third-order valence-electron chi connectivity index (χ3n) is 3.55. The summed E-state index contributed by atoms with van der Waals surface area (Å²) in [5.41, 5.74) is 0. The highest BCUT2D eigenvalue weighted by atomic mass is 16.5. The Bertz CT molecular complexity index is 198. The van der Waals surface area contributed by atoms with Gasteiger partial charge in [0, 0.05) is 0 Å². The molecule has 16 heavy (non-hydrogen) atoms. The van der Waals surface area contributed by atoms with Crippen LogP contribution in [0.5, 0.6) is 0 Å². The third-order valence-corrected chi connectivity index (χ3v) is 3.55. The zero-order valence-electron chi connectivity index (χ0n) is 11.2. The molecular weight excluding hydrogens is 196 g/mol. The SMILES string of the molecule is CCC/C=C\C1CC(CCCC)C(CC)O1. The zero-order valence-corrected chi connectivity index (χ0v) is 11.2. The second kappa shape index (κ2) is 7.89. The van der Waals surface area contributed by atoms with E-state index in [1.807, 2.05) is 0 Å². The lowest BCUT2D eigenvalue weighted by Crippen LogP contribution is -2.14. The molecule has 0 aromatic rings. The quantitative estimate of drug-likeness (QED) is 0.569. The monoisotopic (exact) mass is 224 g/mol. The molecule has 1 heteroatoms. The molecule has 94 valence electrons. The van der Waals surface area contributed by atoms with Crippen molar-refractivity contribution in [2.75, 3.05) is 0 Å². The van der Waals surface area contributed by atoms with Gasteiger partial charge in [-0.25, -0.2) is 0 Å². The van der Waals surface area contributed by atoms with Gasteiger partial charge in [-0.1, -0.05) is 52.2 Å². The molecule has 1 aliphatic heterocycles. The van der Waals surface area contributed by atoms with Crippen molar-refractivity contribution in [2.24, 2.45) is 5.92 Å². The fourth-order valence-corrected chi connectivity index (χ4v) is 2.58. The predicted molar refractivity (Wildman–Crippen MR) is 70.6 cm³/mol. The van der Waals surface area contributed by atoms with E-state index in [1.165, 1.54) is 44.9 Å². The highest BCUT2D eigenvalue weighted by Crippen LogP contribution is 2.32. The first kappa shape index (κ1) is 13.8. The van der Waals surface area contributed by atoms with Crippen molar-refractivity contribution < 1.29 is 4.74 Å². The normalized spacial score (nSPS) is 30.3. The Morgan fingerprint density at radius 2 is 2.00 bits per heavy atom. The maximum absolute atomic E-state index is 6.08. The van der Waals surface area contributed by atoms with E-state index in [4.69, 9.17) is 4.74 Å². The van der Waals surface area contributed by atoms with Gasteiger partial charge in [0.25, 0.3) is 0 Å². The van der Waals surface area contributed by atoms with Crippen molar-refractivity contribution in [3.05, 3.63) is 12.2 Å². The van der Waals surface area contributed by atoms with Crippen molar-refractivity contribution in [3.63, 3.8) is 0 Å². The maximum atomic E-state index is 6.08. The van der Waals surface area contributed by atoms with Gasteiger partial charge in [0.05, 0.1) is 12.2 Å². The average Bonchev–Trinajstić information content (AvgIpc) is 2.69. The molecular formula is C15H28O. The fraction of sp³-hybridized carbons (Fsp3) is 0.867. The van der Waals surface area contributed by atoms with Crippen molar-refractivity contribution in [2.45, 2.75) is 77.9 Å². The summed E-state index contributed by atoms with van der Waals surface area (Å²) < 4.78 is 6.08. The molecule has 1 aliphatic rings. The number of unbranched alkanes of at least 4 members (excludes halogenated alkanes) is 2. The van der Waals surface area contributed by atoms with Crippen LogP contribution in [0.15, 0.2) is 12.2 Å². The number of hydrogen-bond donors (Lipinski definition) is 0. The van der Waals surface area contributed by atoms with Crippen LogP contribution in [-0.2, 0) is 4.74 Å². The van der Waals surface area contributed by atoms with Gasteiger partial charge in [0.15, 0.2) is 0 Å². The lowest BCUT2D eigenvalue weighted by Gasteiger charge is -2.15. The largest absolute Gasteiger partial charge is 0.371 e. The number of hydrogen-bond acceptors (Lipinski definition) is 1. The summed E-state index contributed by atoms with van der Waals surface area (Å²) in [6, 6.07) is 0. The van der Waals surface area contributed by atoms with E-state index in [1.54, 1.807) is 0 Å². The van der Waals surface area contributed by atoms with Gasteiger partial charge in [-0.3, -0.25) is 0 Å². The van der Waals surface area contributed by atoms with Crippen LogP contribution in [0, 0.1) is 5.92 Å². The minimum atomic E-state index is 0.401. The van der Waals surface area contributed by atoms with E-state index in [0.717, 1.165) is 5.92 Å². The molecule has 0 spiro atoms. The van der Waals surface area contributed by atoms with Crippen LogP contribution in [0.2, 0.25) is 0 Å². The first-order chi connectivity index (χ1) is 7.81. The second-order valence-corrected chi connectivity index (χ2v) is 4.98. The van der Waals surface area contributed by atoms with Crippen LogP contribution in [-0.4, -0.2) is 12.2 Å². The van der Waals surface area contributed by atoms with E-state index >= 15 is 0 Å².